The fraction of sp³-hybridized carbons (Fsp3) is 0.591. The summed E-state index contributed by atoms with van der Waals surface area (Å²) in [7, 11) is 1.83. The molecule has 7 nitrogen and oxygen atoms in total. The number of aliphatic imine (C=N–C) groups is 1. The lowest BCUT2D eigenvalue weighted by atomic mass is 9.95. The van der Waals surface area contributed by atoms with Gasteiger partial charge in [-0.15, -0.1) is 34.2 Å². The summed E-state index contributed by atoms with van der Waals surface area (Å²) in [4.78, 5) is 7.01. The number of nitrogens with zero attached hydrogens (tertiary/aromatic N) is 5. The third-order valence-electron chi connectivity index (χ3n) is 5.76. The van der Waals surface area contributed by atoms with Crippen LogP contribution in [-0.4, -0.2) is 58.3 Å². The largest absolute Gasteiger partial charge is 0.355 e. The second-order valence-corrected chi connectivity index (χ2v) is 7.97. The van der Waals surface area contributed by atoms with Crippen LogP contribution in [0.4, 0.5) is 0 Å². The molecule has 1 aliphatic heterocycles. The molecule has 0 fully saturated rings. The van der Waals surface area contributed by atoms with E-state index in [2.05, 4.69) is 80.3 Å². The normalized spacial score (nSPS) is 15.4. The van der Waals surface area contributed by atoms with Crippen LogP contribution in [0.25, 0.3) is 0 Å². The highest BCUT2D eigenvalue weighted by atomic mass is 127. The Bertz CT molecular complexity index is 802. The molecular weight excluding hydrogens is 489 g/mol. The summed E-state index contributed by atoms with van der Waals surface area (Å²) in [6.45, 7) is 11.3. The van der Waals surface area contributed by atoms with Gasteiger partial charge in [-0.1, -0.05) is 45.0 Å². The van der Waals surface area contributed by atoms with E-state index < -0.39 is 0 Å². The molecule has 8 heteroatoms. The molecule has 1 atom stereocenters. The Labute approximate surface area is 197 Å². The third-order valence-corrected chi connectivity index (χ3v) is 5.76. The number of rotatable bonds is 8. The first-order valence-corrected chi connectivity index (χ1v) is 10.7. The molecule has 0 amide bonds. The summed E-state index contributed by atoms with van der Waals surface area (Å²) in [6.07, 6.45) is 3.81. The van der Waals surface area contributed by atoms with Gasteiger partial charge in [0, 0.05) is 52.2 Å². The van der Waals surface area contributed by atoms with Gasteiger partial charge in [0.25, 0.3) is 0 Å². The van der Waals surface area contributed by atoms with Crippen LogP contribution in [0.3, 0.4) is 0 Å². The lowest BCUT2D eigenvalue weighted by Gasteiger charge is -2.38. The van der Waals surface area contributed by atoms with Crippen LogP contribution in [0.15, 0.2) is 35.6 Å². The average Bonchev–Trinajstić information content (AvgIpc) is 3.19. The molecule has 0 radical (unpaired) electrons. The van der Waals surface area contributed by atoms with Crippen LogP contribution in [0, 0.1) is 5.92 Å². The fourth-order valence-electron chi connectivity index (χ4n) is 4.04. The minimum absolute atomic E-state index is 0. The smallest absolute Gasteiger partial charge is 0.191 e. The van der Waals surface area contributed by atoms with Crippen LogP contribution >= 0.6 is 24.0 Å². The molecule has 1 aliphatic rings. The second-order valence-electron chi connectivity index (χ2n) is 7.97. The van der Waals surface area contributed by atoms with Crippen molar-refractivity contribution in [1.29, 1.82) is 0 Å². The third kappa shape index (κ3) is 6.41. The topological polar surface area (TPSA) is 70.4 Å². The molecule has 0 aliphatic carbocycles. The molecule has 0 saturated heterocycles. The van der Waals surface area contributed by atoms with E-state index in [-0.39, 0.29) is 24.0 Å². The molecule has 0 spiro atoms. The summed E-state index contributed by atoms with van der Waals surface area (Å²) in [5.41, 5.74) is 2.96. The molecule has 2 N–H and O–H groups in total. The molecule has 2 aromatic rings. The van der Waals surface area contributed by atoms with Crippen molar-refractivity contribution < 1.29 is 0 Å². The highest BCUT2D eigenvalue weighted by Crippen LogP contribution is 2.22. The first-order chi connectivity index (χ1) is 14.1. The maximum Gasteiger partial charge on any atom is 0.191 e. The Morgan fingerprint density at radius 2 is 1.97 bits per heavy atom. The quantitative estimate of drug-likeness (QED) is 0.315. The number of halogens is 1. The predicted octanol–water partition coefficient (Wildman–Crippen LogP) is 2.71. The summed E-state index contributed by atoms with van der Waals surface area (Å²) in [5, 5.41) is 15.1. The van der Waals surface area contributed by atoms with E-state index >= 15 is 0 Å². The number of aromatic nitrogens is 3. The van der Waals surface area contributed by atoms with Gasteiger partial charge in [-0.2, -0.15) is 0 Å². The molecule has 1 unspecified atom stereocenters. The zero-order valence-corrected chi connectivity index (χ0v) is 21.0. The van der Waals surface area contributed by atoms with Gasteiger partial charge < -0.3 is 15.2 Å². The minimum atomic E-state index is 0. The van der Waals surface area contributed by atoms with Gasteiger partial charge in [0.15, 0.2) is 5.96 Å². The number of hydrogen-bond acceptors (Lipinski definition) is 4. The van der Waals surface area contributed by atoms with E-state index in [1.807, 2.05) is 7.05 Å². The van der Waals surface area contributed by atoms with E-state index in [1.54, 1.807) is 6.33 Å². The van der Waals surface area contributed by atoms with Gasteiger partial charge in [-0.3, -0.25) is 9.89 Å². The van der Waals surface area contributed by atoms with Crippen molar-refractivity contribution in [2.45, 2.75) is 52.7 Å². The first-order valence-electron chi connectivity index (χ1n) is 10.7. The Morgan fingerprint density at radius 1 is 1.20 bits per heavy atom. The van der Waals surface area contributed by atoms with Gasteiger partial charge >= 0.3 is 0 Å². The van der Waals surface area contributed by atoms with Crippen LogP contribution in [-0.2, 0) is 25.9 Å². The van der Waals surface area contributed by atoms with E-state index in [1.165, 1.54) is 11.1 Å². The maximum atomic E-state index is 4.40. The molecule has 0 saturated carbocycles. The summed E-state index contributed by atoms with van der Waals surface area (Å²) < 4.78 is 2.09. The minimum Gasteiger partial charge on any atom is -0.355 e. The van der Waals surface area contributed by atoms with Crippen LogP contribution < -0.4 is 10.6 Å². The Kier molecular flexibility index (Phi) is 10.0. The lowest BCUT2D eigenvalue weighted by Crippen LogP contribution is -2.51. The number of aryl methyl sites for hydroxylation is 1. The van der Waals surface area contributed by atoms with Crippen molar-refractivity contribution in [3.8, 4) is 0 Å². The second kappa shape index (κ2) is 12.2. The monoisotopic (exact) mass is 525 g/mol. The van der Waals surface area contributed by atoms with Gasteiger partial charge in [0.05, 0.1) is 0 Å². The molecule has 1 aromatic carbocycles. The predicted molar refractivity (Wildman–Crippen MR) is 133 cm³/mol. The van der Waals surface area contributed by atoms with Crippen LogP contribution in [0.2, 0.25) is 0 Å². The van der Waals surface area contributed by atoms with Crippen LogP contribution in [0.5, 0.6) is 0 Å². The van der Waals surface area contributed by atoms with Crippen molar-refractivity contribution in [2.24, 2.45) is 10.9 Å². The first kappa shape index (κ1) is 24.6. The van der Waals surface area contributed by atoms with Gasteiger partial charge in [0.2, 0.25) is 0 Å². The average molecular weight is 525 g/mol. The maximum absolute atomic E-state index is 4.40. The zero-order chi connectivity index (χ0) is 20.6. The Hall–Kier alpha value is -1.68. The van der Waals surface area contributed by atoms with Crippen molar-refractivity contribution in [1.82, 2.24) is 30.3 Å². The molecule has 0 bridgehead atoms. The highest BCUT2D eigenvalue weighted by Gasteiger charge is 2.25. The molecule has 166 valence electrons. The van der Waals surface area contributed by atoms with Crippen molar-refractivity contribution in [3.63, 3.8) is 0 Å². The number of benzene rings is 1. The lowest BCUT2D eigenvalue weighted by molar-refractivity contribution is 0.140. The van der Waals surface area contributed by atoms with E-state index in [9.17, 15) is 0 Å². The molecule has 30 heavy (non-hydrogen) atoms. The van der Waals surface area contributed by atoms with Crippen molar-refractivity contribution >= 4 is 29.9 Å². The summed E-state index contributed by atoms with van der Waals surface area (Å²) >= 11 is 0. The van der Waals surface area contributed by atoms with Gasteiger partial charge in [-0.25, -0.2) is 0 Å². The Balaban J connectivity index is 0.00000320. The highest BCUT2D eigenvalue weighted by molar-refractivity contribution is 14.0. The zero-order valence-electron chi connectivity index (χ0n) is 18.6. The molecular formula is C22H36IN7. The standard InChI is InChI=1S/C22H35N7.HI/c1-5-21-27-26-16-29(21)13-11-24-22(23-4)25-14-20(17(2)3)28-12-10-18-8-6-7-9-19(18)15-28;/h6-9,16-17,20H,5,10-15H2,1-4H3,(H2,23,24,25);1H. The fourth-order valence-corrected chi connectivity index (χ4v) is 4.04. The van der Waals surface area contributed by atoms with Gasteiger partial charge in [-0.05, 0) is 23.5 Å². The van der Waals surface area contributed by atoms with Crippen molar-refractivity contribution in [3.05, 3.63) is 47.5 Å². The number of nitrogens with one attached hydrogen (secondary N) is 2. The molecule has 1 aromatic heterocycles. The van der Waals surface area contributed by atoms with E-state index in [4.69, 9.17) is 0 Å². The molecule has 3 rings (SSSR count). The number of hydrogen-bond donors (Lipinski definition) is 2. The van der Waals surface area contributed by atoms with E-state index in [0.29, 0.717) is 12.0 Å². The number of fused-ring (bicyclic) bond motifs is 1. The van der Waals surface area contributed by atoms with Crippen LogP contribution in [0.1, 0.15) is 37.7 Å². The SMILES string of the molecule is CCc1nncn1CCNC(=NC)NCC(C(C)C)N1CCc2ccccc2C1.I. The van der Waals surface area contributed by atoms with Crippen molar-refractivity contribution in [2.75, 3.05) is 26.7 Å². The number of guanidine groups is 1. The molecule has 2 heterocycles. The van der Waals surface area contributed by atoms with E-state index in [0.717, 1.165) is 57.3 Å². The summed E-state index contributed by atoms with van der Waals surface area (Å²) in [6, 6.07) is 9.29. The van der Waals surface area contributed by atoms with Gasteiger partial charge in [0.1, 0.15) is 12.2 Å². The Morgan fingerprint density at radius 3 is 2.67 bits per heavy atom. The summed E-state index contributed by atoms with van der Waals surface area (Å²) in [5.74, 6) is 2.43.